The van der Waals surface area contributed by atoms with Crippen LogP contribution in [0.4, 0.5) is 0 Å². The van der Waals surface area contributed by atoms with Crippen LogP contribution in [-0.4, -0.2) is 34.0 Å². The summed E-state index contributed by atoms with van der Waals surface area (Å²) in [5.74, 6) is -0.202. The van der Waals surface area contributed by atoms with Crippen molar-refractivity contribution in [2.24, 2.45) is 0 Å². The van der Waals surface area contributed by atoms with E-state index in [2.05, 4.69) is 13.8 Å². The summed E-state index contributed by atoms with van der Waals surface area (Å²) in [5.41, 5.74) is 0. The molecule has 0 heterocycles. The van der Waals surface area contributed by atoms with Gasteiger partial charge in [0.2, 0.25) is 0 Å². The molecule has 0 saturated carbocycles. The predicted octanol–water partition coefficient (Wildman–Crippen LogP) is 2.85. The summed E-state index contributed by atoms with van der Waals surface area (Å²) in [4.78, 5) is 10.6. The van der Waals surface area contributed by atoms with Crippen molar-refractivity contribution in [2.75, 3.05) is 0 Å². The Labute approximate surface area is 104 Å². The van der Waals surface area contributed by atoms with Crippen LogP contribution < -0.4 is 0 Å². The molecule has 0 atom stereocenters. The van der Waals surface area contributed by atoms with Crippen LogP contribution in [0, 0.1) is 0 Å². The van der Waals surface area contributed by atoms with Crippen molar-refractivity contribution in [1.29, 1.82) is 0 Å². The molecule has 4 heteroatoms. The van der Waals surface area contributed by atoms with E-state index in [0.29, 0.717) is 6.10 Å². The summed E-state index contributed by atoms with van der Waals surface area (Å²) in [6.07, 6.45) is 7.35. The van der Waals surface area contributed by atoms with Gasteiger partial charge in [-0.05, 0) is 0 Å². The summed E-state index contributed by atoms with van der Waals surface area (Å²) in [7, 11) is 0. The third kappa shape index (κ3) is 10.5. The molecule has 0 bridgehead atoms. The molecule has 88 valence electrons. The van der Waals surface area contributed by atoms with Crippen molar-refractivity contribution < 1.29 is 10.9 Å². The molecule has 0 rings (SSSR count). The summed E-state index contributed by atoms with van der Waals surface area (Å²) >= 11 is -1.36. The van der Waals surface area contributed by atoms with Crippen molar-refractivity contribution in [3.05, 3.63) is 0 Å². The van der Waals surface area contributed by atoms with E-state index in [0.717, 1.165) is 12.8 Å². The van der Waals surface area contributed by atoms with E-state index in [1.54, 1.807) is 0 Å². The average Bonchev–Trinajstić information content (AvgIpc) is 2.20. The fourth-order valence-electron chi connectivity index (χ4n) is 1.28. The van der Waals surface area contributed by atoms with E-state index >= 15 is 0 Å². The number of hydrogen-bond donors (Lipinski definition) is 0. The molecule has 2 radical (unpaired) electrons. The van der Waals surface area contributed by atoms with E-state index in [1.807, 2.05) is 0 Å². The summed E-state index contributed by atoms with van der Waals surface area (Å²) in [5, 5.41) is 0. The van der Waals surface area contributed by atoms with Crippen molar-refractivity contribution in [1.82, 2.24) is 0 Å². The number of carbonyl (C=O) groups excluding carboxylic acids is 1. The molecule has 0 aliphatic heterocycles. The first-order chi connectivity index (χ1) is 7.20. The van der Waals surface area contributed by atoms with Gasteiger partial charge in [-0.3, -0.25) is 0 Å². The second-order valence-electron chi connectivity index (χ2n) is 3.70. The number of rotatable bonds is 9. The Morgan fingerprint density at radius 1 is 1.20 bits per heavy atom. The van der Waals surface area contributed by atoms with Crippen molar-refractivity contribution in [2.45, 2.75) is 65.4 Å². The summed E-state index contributed by atoms with van der Waals surface area (Å²) < 4.78 is 10.6. The second-order valence-corrected chi connectivity index (χ2v) is 5.43. The monoisotopic (exact) mass is 322 g/mol. The molecule has 0 aromatic heterocycles. The number of unbranched alkanes of at least 4 members (excludes halogenated alkanes) is 2. The second kappa shape index (κ2) is 10.7. The third-order valence-electron chi connectivity index (χ3n) is 2.16. The van der Waals surface area contributed by atoms with E-state index in [-0.39, 0.29) is 5.97 Å². The van der Waals surface area contributed by atoms with Crippen LogP contribution in [0.25, 0.3) is 0 Å². The minimum atomic E-state index is -1.36. The minimum absolute atomic E-state index is 0.202. The zero-order valence-electron chi connectivity index (χ0n) is 10.0. The van der Waals surface area contributed by atoms with E-state index in [9.17, 15) is 4.79 Å². The average molecular weight is 321 g/mol. The Bertz CT molecular complexity index is 154. The zero-order chi connectivity index (χ0) is 11.5. The van der Waals surface area contributed by atoms with Crippen LogP contribution in [-0.2, 0) is 10.9 Å². The molecule has 0 aromatic carbocycles. The fraction of sp³-hybridized carbons (Fsp3) is 0.909. The standard InChI is InChI=1S/C9H19O.C2H4O2.Sn/c1-3-5-7-9(10)8-6-4-2;1-2(3)4;/h9H,3-8H2,1-2H3;1H3,(H,3,4);/q-1;;+2/p-1. The first-order valence-corrected chi connectivity index (χ1v) is 8.11. The normalized spacial score (nSPS) is 10.7. The molecule has 0 aliphatic rings. The quantitative estimate of drug-likeness (QED) is 0.613. The Balaban J connectivity index is 3.63. The molecule has 0 N–H and O–H groups in total. The van der Waals surface area contributed by atoms with Gasteiger partial charge in [-0.1, -0.05) is 0 Å². The summed E-state index contributed by atoms with van der Waals surface area (Å²) in [6, 6.07) is 0. The third-order valence-corrected chi connectivity index (χ3v) is 4.44. The van der Waals surface area contributed by atoms with Gasteiger partial charge in [0.15, 0.2) is 0 Å². The molecule has 0 aromatic rings. The fourth-order valence-corrected chi connectivity index (χ4v) is 2.81. The Kier molecular flexibility index (Phi) is 10.9. The maximum absolute atomic E-state index is 10.6. The molecule has 3 nitrogen and oxygen atoms in total. The van der Waals surface area contributed by atoms with E-state index in [4.69, 9.17) is 6.15 Å². The van der Waals surface area contributed by atoms with Crippen molar-refractivity contribution in [3.8, 4) is 0 Å². The van der Waals surface area contributed by atoms with Gasteiger partial charge in [-0.25, -0.2) is 0 Å². The molecule has 0 saturated heterocycles. The zero-order valence-corrected chi connectivity index (χ0v) is 12.9. The van der Waals surface area contributed by atoms with Gasteiger partial charge in [0.05, 0.1) is 0 Å². The Hall–Kier alpha value is 0.229. The van der Waals surface area contributed by atoms with Gasteiger partial charge in [0.1, 0.15) is 0 Å². The van der Waals surface area contributed by atoms with Gasteiger partial charge in [-0.15, -0.1) is 0 Å². The van der Waals surface area contributed by atoms with Crippen molar-refractivity contribution in [3.63, 3.8) is 0 Å². The molecule has 0 amide bonds. The molecule has 0 spiro atoms. The molecule has 0 unspecified atom stereocenters. The van der Waals surface area contributed by atoms with Crippen LogP contribution in [0.3, 0.4) is 0 Å². The predicted molar refractivity (Wildman–Crippen MR) is 61.4 cm³/mol. The van der Waals surface area contributed by atoms with Gasteiger partial charge < -0.3 is 0 Å². The van der Waals surface area contributed by atoms with Gasteiger partial charge in [0, 0.05) is 0 Å². The maximum atomic E-state index is 10.6. The molecule has 15 heavy (non-hydrogen) atoms. The summed E-state index contributed by atoms with van der Waals surface area (Å²) in [6.45, 7) is 5.81. The van der Waals surface area contributed by atoms with Crippen LogP contribution in [0.15, 0.2) is 0 Å². The molecular formula is C11H22O3Sn. The molecule has 0 fully saturated rings. The van der Waals surface area contributed by atoms with Crippen LogP contribution in [0.5, 0.6) is 0 Å². The molecular weight excluding hydrogens is 299 g/mol. The van der Waals surface area contributed by atoms with E-state index < -0.39 is 22.0 Å². The topological polar surface area (TPSA) is 35.5 Å². The van der Waals surface area contributed by atoms with Crippen LogP contribution in [0.2, 0.25) is 0 Å². The number of carbonyl (C=O) groups is 1. The van der Waals surface area contributed by atoms with Gasteiger partial charge in [-0.2, -0.15) is 0 Å². The van der Waals surface area contributed by atoms with E-state index in [1.165, 1.54) is 32.6 Å². The molecule has 0 aliphatic carbocycles. The first-order valence-electron chi connectivity index (χ1n) is 5.78. The van der Waals surface area contributed by atoms with Crippen LogP contribution >= 0.6 is 0 Å². The van der Waals surface area contributed by atoms with Crippen LogP contribution in [0.1, 0.15) is 59.3 Å². The Morgan fingerprint density at radius 3 is 2.13 bits per heavy atom. The van der Waals surface area contributed by atoms with Crippen molar-refractivity contribution >= 4 is 27.9 Å². The van der Waals surface area contributed by atoms with Gasteiger partial charge >= 0.3 is 104 Å². The first kappa shape index (κ1) is 15.2. The SMILES string of the molecule is CCCCC(CCCC)[O][Sn][O]C(C)=O. The van der Waals surface area contributed by atoms with Gasteiger partial charge in [0.25, 0.3) is 0 Å². The Morgan fingerprint density at radius 2 is 1.73 bits per heavy atom. The number of hydrogen-bond acceptors (Lipinski definition) is 3.